The van der Waals surface area contributed by atoms with Gasteiger partial charge in [0.2, 0.25) is 6.29 Å². The van der Waals surface area contributed by atoms with Gasteiger partial charge in [-0.3, -0.25) is 13.9 Å². The molecule has 0 saturated carbocycles. The minimum atomic E-state index is -1.83. The number of aliphatic hydroxyl groups is 3. The van der Waals surface area contributed by atoms with Crippen molar-refractivity contribution in [3.8, 4) is 11.5 Å². The average Bonchev–Trinajstić information content (AvgIpc) is 3.24. The van der Waals surface area contributed by atoms with Crippen LogP contribution in [0.2, 0.25) is 0 Å². The van der Waals surface area contributed by atoms with E-state index in [0.29, 0.717) is 36.4 Å². The van der Waals surface area contributed by atoms with Crippen molar-refractivity contribution in [3.63, 3.8) is 0 Å². The van der Waals surface area contributed by atoms with E-state index in [0.717, 1.165) is 5.56 Å². The number of ether oxygens (including phenoxy) is 3. The third kappa shape index (κ3) is 5.03. The fourth-order valence-corrected chi connectivity index (χ4v) is 4.69. The number of methoxy groups -OCH3 is 1. The summed E-state index contributed by atoms with van der Waals surface area (Å²) in [5, 5.41) is 39.4. The fourth-order valence-electron chi connectivity index (χ4n) is 4.69. The van der Waals surface area contributed by atoms with Crippen molar-refractivity contribution in [2.45, 2.75) is 70.5 Å². The summed E-state index contributed by atoms with van der Waals surface area (Å²) in [6, 6.07) is 4.95. The van der Waals surface area contributed by atoms with Crippen LogP contribution in [0, 0.1) is 0 Å². The number of nitrogens with zero attached hydrogens (tertiary/aromatic N) is 4. The van der Waals surface area contributed by atoms with Gasteiger partial charge in [-0.1, -0.05) is 6.07 Å². The zero-order chi connectivity index (χ0) is 28.6. The molecular weight excluding hydrogens is 516 g/mol. The lowest BCUT2D eigenvalue weighted by Gasteiger charge is -2.38. The van der Waals surface area contributed by atoms with Gasteiger partial charge in [-0.2, -0.15) is 0 Å². The van der Waals surface area contributed by atoms with Gasteiger partial charge in [0.05, 0.1) is 7.11 Å². The highest BCUT2D eigenvalue weighted by Gasteiger charge is 2.48. The van der Waals surface area contributed by atoms with Gasteiger partial charge >= 0.3 is 11.7 Å². The van der Waals surface area contributed by atoms with Gasteiger partial charge in [0.1, 0.15) is 24.1 Å². The monoisotopic (exact) mass is 548 g/mol. The molecule has 0 bridgehead atoms. The fraction of sp³-hybridized carbons (Fsp3) is 0.520. The number of carbonyl (C=O) groups is 1. The number of rotatable bonds is 9. The molecule has 212 valence electrons. The van der Waals surface area contributed by atoms with Crippen LogP contribution in [0.25, 0.3) is 11.2 Å². The molecule has 1 aliphatic heterocycles. The maximum Gasteiger partial charge on any atom is 0.335 e. The smallest absolute Gasteiger partial charge is 0.335 e. The molecule has 1 aliphatic rings. The van der Waals surface area contributed by atoms with E-state index in [1.165, 1.54) is 16.2 Å². The Morgan fingerprint density at radius 2 is 1.72 bits per heavy atom. The van der Waals surface area contributed by atoms with Crippen LogP contribution in [0.15, 0.2) is 27.8 Å². The second kappa shape index (κ2) is 11.2. The number of carboxylic acids is 1. The SMILES string of the molecule is CCn1c(=O)c2c(nc(CCc3ccc(O[C@@H]4O[C@H](C(=O)O)[C@@H](O)[C@H](O)[C@H]4O)c(OC)c3)n2C)n(CC)c1=O. The van der Waals surface area contributed by atoms with E-state index in [4.69, 9.17) is 14.2 Å². The number of hydrogen-bond acceptors (Lipinski definition) is 10. The van der Waals surface area contributed by atoms with E-state index in [2.05, 4.69) is 4.98 Å². The van der Waals surface area contributed by atoms with Gasteiger partial charge in [0, 0.05) is 26.6 Å². The number of aryl methyl sites for hydroxylation is 4. The summed E-state index contributed by atoms with van der Waals surface area (Å²) < 4.78 is 20.6. The number of aromatic nitrogens is 4. The summed E-state index contributed by atoms with van der Waals surface area (Å²) in [5.74, 6) is -0.530. The first-order valence-corrected chi connectivity index (χ1v) is 12.5. The maximum atomic E-state index is 12.9. The average molecular weight is 549 g/mol. The number of aliphatic carboxylic acids is 1. The van der Waals surface area contributed by atoms with Gasteiger partial charge in [0.15, 0.2) is 28.8 Å². The zero-order valence-corrected chi connectivity index (χ0v) is 22.0. The summed E-state index contributed by atoms with van der Waals surface area (Å²) in [6.07, 6.45) is -7.79. The Kier molecular flexibility index (Phi) is 8.11. The molecule has 0 radical (unpaired) electrons. The molecule has 1 aromatic carbocycles. The minimum Gasteiger partial charge on any atom is -0.493 e. The first-order valence-electron chi connectivity index (χ1n) is 12.5. The second-order valence-corrected chi connectivity index (χ2v) is 9.17. The predicted molar refractivity (Wildman–Crippen MR) is 136 cm³/mol. The van der Waals surface area contributed by atoms with Gasteiger partial charge in [-0.15, -0.1) is 0 Å². The number of benzene rings is 1. The Morgan fingerprint density at radius 1 is 1.03 bits per heavy atom. The lowest BCUT2D eigenvalue weighted by atomic mass is 9.99. The van der Waals surface area contributed by atoms with Crippen LogP contribution in [-0.4, -0.2) is 82.9 Å². The Morgan fingerprint density at radius 3 is 2.33 bits per heavy atom. The molecule has 4 N–H and O–H groups in total. The Balaban J connectivity index is 1.56. The van der Waals surface area contributed by atoms with Crippen molar-refractivity contribution in [2.24, 2.45) is 7.05 Å². The minimum absolute atomic E-state index is 0.118. The molecule has 39 heavy (non-hydrogen) atoms. The highest BCUT2D eigenvalue weighted by atomic mass is 16.7. The molecule has 14 heteroatoms. The normalized spacial score (nSPS) is 23.2. The van der Waals surface area contributed by atoms with Gasteiger partial charge in [-0.05, 0) is 38.0 Å². The van der Waals surface area contributed by atoms with Gasteiger partial charge in [0.25, 0.3) is 5.56 Å². The first-order chi connectivity index (χ1) is 18.5. The lowest BCUT2D eigenvalue weighted by molar-refractivity contribution is -0.271. The standard InChI is InChI=1S/C25H32N4O10/c1-5-28-21-16(22(33)29(6-2)25(28)36)27(3)15(26-21)10-8-12-7-9-13(14(11-12)37-4)38-24-19(32)17(30)18(31)20(39-24)23(34)35/h7,9,11,17-20,24,30-32H,5-6,8,10H2,1-4H3,(H,34,35)/t17-,18-,19+,20-,24+/m0/s1. The molecule has 1 fully saturated rings. The van der Waals surface area contributed by atoms with Gasteiger partial charge < -0.3 is 39.2 Å². The maximum absolute atomic E-state index is 12.9. The molecule has 3 aromatic rings. The molecule has 14 nitrogen and oxygen atoms in total. The molecule has 0 spiro atoms. The number of carboxylic acid groups (broad SMARTS) is 1. The molecule has 0 aliphatic carbocycles. The first kappa shape index (κ1) is 28.3. The zero-order valence-electron chi connectivity index (χ0n) is 22.0. The highest BCUT2D eigenvalue weighted by molar-refractivity contribution is 5.73. The van der Waals surface area contributed by atoms with E-state index in [-0.39, 0.29) is 23.6 Å². The lowest BCUT2D eigenvalue weighted by Crippen LogP contribution is -2.61. The summed E-state index contributed by atoms with van der Waals surface area (Å²) in [4.78, 5) is 41.6. The van der Waals surface area contributed by atoms with Crippen LogP contribution in [0.3, 0.4) is 0 Å². The van der Waals surface area contributed by atoms with E-state index in [9.17, 15) is 34.8 Å². The molecule has 1 saturated heterocycles. The van der Waals surface area contributed by atoms with Crippen LogP contribution >= 0.6 is 0 Å². The van der Waals surface area contributed by atoms with Crippen molar-refractivity contribution in [3.05, 3.63) is 50.4 Å². The van der Waals surface area contributed by atoms with Crippen LogP contribution in [0.5, 0.6) is 11.5 Å². The number of imidazole rings is 1. The third-order valence-electron chi connectivity index (χ3n) is 6.89. The summed E-state index contributed by atoms with van der Waals surface area (Å²) in [7, 11) is 3.14. The van der Waals surface area contributed by atoms with E-state index in [1.807, 2.05) is 6.92 Å². The molecular formula is C25H32N4O10. The topological polar surface area (TPSA) is 188 Å². The number of hydrogen-bond donors (Lipinski definition) is 4. The number of aliphatic hydroxyl groups excluding tert-OH is 3. The largest absolute Gasteiger partial charge is 0.493 e. The van der Waals surface area contributed by atoms with Crippen molar-refractivity contribution >= 4 is 17.1 Å². The Bertz CT molecular complexity index is 1490. The Hall–Kier alpha value is -3.72. The summed E-state index contributed by atoms with van der Waals surface area (Å²) in [5.41, 5.74) is 0.725. The van der Waals surface area contributed by atoms with E-state index >= 15 is 0 Å². The van der Waals surface area contributed by atoms with Crippen LogP contribution in [0.1, 0.15) is 25.2 Å². The molecule has 4 rings (SSSR count). The predicted octanol–water partition coefficient (Wildman–Crippen LogP) is -0.999. The van der Waals surface area contributed by atoms with Crippen molar-refractivity contribution in [1.82, 2.24) is 18.7 Å². The quantitative estimate of drug-likeness (QED) is 0.257. The van der Waals surface area contributed by atoms with Crippen LogP contribution in [0.4, 0.5) is 0 Å². The van der Waals surface area contributed by atoms with Crippen LogP contribution in [-0.2, 0) is 42.5 Å². The molecule has 0 amide bonds. The second-order valence-electron chi connectivity index (χ2n) is 9.17. The van der Waals surface area contributed by atoms with E-state index < -0.39 is 42.4 Å². The molecule has 2 aromatic heterocycles. The summed E-state index contributed by atoms with van der Waals surface area (Å²) in [6.45, 7) is 4.18. The van der Waals surface area contributed by atoms with Crippen molar-refractivity contribution < 1.29 is 39.4 Å². The van der Waals surface area contributed by atoms with E-state index in [1.54, 1.807) is 36.7 Å². The molecule has 5 atom stereocenters. The highest BCUT2D eigenvalue weighted by Crippen LogP contribution is 2.32. The van der Waals surface area contributed by atoms with Crippen molar-refractivity contribution in [2.75, 3.05) is 7.11 Å². The summed E-state index contributed by atoms with van der Waals surface area (Å²) >= 11 is 0. The Labute approximate surface area is 222 Å². The molecule has 3 heterocycles. The third-order valence-corrected chi connectivity index (χ3v) is 6.89. The molecule has 0 unspecified atom stereocenters. The van der Waals surface area contributed by atoms with Crippen molar-refractivity contribution in [1.29, 1.82) is 0 Å². The van der Waals surface area contributed by atoms with Crippen LogP contribution < -0.4 is 20.7 Å². The van der Waals surface area contributed by atoms with Gasteiger partial charge in [-0.25, -0.2) is 14.6 Å². The number of fused-ring (bicyclic) bond motifs is 1.